The lowest BCUT2D eigenvalue weighted by atomic mass is 9.98. The van der Waals surface area contributed by atoms with Crippen molar-refractivity contribution in [2.75, 3.05) is 6.54 Å². The van der Waals surface area contributed by atoms with Gasteiger partial charge in [0.05, 0.1) is 16.3 Å². The monoisotopic (exact) mass is 370 g/mol. The molecule has 2 aromatic rings. The Hall–Kier alpha value is -2.13. The second kappa shape index (κ2) is 7.40. The highest BCUT2D eigenvalue weighted by atomic mass is 32.2. The summed E-state index contributed by atoms with van der Waals surface area (Å²) in [6.45, 7) is 5.74. The molecule has 25 heavy (non-hydrogen) atoms. The number of aliphatic carboxylic acids is 1. The maximum atomic E-state index is 12.4. The molecule has 0 fully saturated rings. The van der Waals surface area contributed by atoms with E-state index in [9.17, 15) is 23.1 Å². The van der Waals surface area contributed by atoms with Crippen LogP contribution in [0.25, 0.3) is 11.1 Å². The fourth-order valence-electron chi connectivity index (χ4n) is 2.65. The van der Waals surface area contributed by atoms with Gasteiger partial charge in [-0.15, -0.1) is 0 Å². The first-order valence-electron chi connectivity index (χ1n) is 8.01. The lowest BCUT2D eigenvalue weighted by molar-refractivity contribution is -0.142. The number of nitrogens with one attached hydrogen (secondary N) is 1. The van der Waals surface area contributed by atoms with Crippen molar-refractivity contribution in [2.45, 2.75) is 38.6 Å². The maximum absolute atomic E-state index is 12.4. The van der Waals surface area contributed by atoms with E-state index in [1.165, 1.54) is 22.8 Å². The number of carboxylic acid groups (broad SMARTS) is 1. The molecule has 2 rings (SSSR count). The number of hydrogen-bond donors (Lipinski definition) is 2. The second-order valence-corrected chi connectivity index (χ2v) is 8.03. The van der Waals surface area contributed by atoms with E-state index >= 15 is 0 Å². The number of rotatable bonds is 8. The van der Waals surface area contributed by atoms with Gasteiger partial charge in [-0.1, -0.05) is 13.8 Å². The fourth-order valence-corrected chi connectivity index (χ4v) is 3.74. The lowest BCUT2D eigenvalue weighted by Crippen LogP contribution is -2.33. The Kier molecular flexibility index (Phi) is 5.69. The third-order valence-corrected chi connectivity index (χ3v) is 5.31. The molecule has 0 aliphatic rings. The summed E-state index contributed by atoms with van der Waals surface area (Å²) < 4.78 is 33.6. The number of benzene rings is 1. The molecular formula is C16H22N2O6S. The molecule has 0 saturated heterocycles. The predicted octanol–water partition coefficient (Wildman–Crippen LogP) is 1.64. The van der Waals surface area contributed by atoms with Crippen molar-refractivity contribution in [1.82, 2.24) is 9.29 Å². The number of nitrogens with zero attached hydrogens (tertiary/aromatic N) is 1. The van der Waals surface area contributed by atoms with Gasteiger partial charge in [-0.25, -0.2) is 17.9 Å². The molecule has 138 valence electrons. The van der Waals surface area contributed by atoms with Crippen molar-refractivity contribution in [3.8, 4) is 0 Å². The number of hydrogen-bond acceptors (Lipinski definition) is 5. The largest absolute Gasteiger partial charge is 0.481 e. The summed E-state index contributed by atoms with van der Waals surface area (Å²) in [5.41, 5.74) is 0.682. The summed E-state index contributed by atoms with van der Waals surface area (Å²) in [4.78, 5) is 22.9. The van der Waals surface area contributed by atoms with Gasteiger partial charge < -0.3 is 9.52 Å². The van der Waals surface area contributed by atoms with Crippen LogP contribution in [0.4, 0.5) is 0 Å². The van der Waals surface area contributed by atoms with Crippen LogP contribution >= 0.6 is 0 Å². The molecule has 0 aliphatic heterocycles. The summed E-state index contributed by atoms with van der Waals surface area (Å²) >= 11 is 0. The van der Waals surface area contributed by atoms with Gasteiger partial charge >= 0.3 is 11.7 Å². The predicted molar refractivity (Wildman–Crippen MR) is 91.9 cm³/mol. The number of aromatic nitrogens is 1. The number of carboxylic acids is 1. The SMILES string of the molecule is CCn1c(=O)oc2cc(S(=O)(=O)NCC(CC(C)C)C(=O)O)ccc21. The Balaban J connectivity index is 2.25. The average Bonchev–Trinajstić information content (AvgIpc) is 2.84. The van der Waals surface area contributed by atoms with Crippen LogP contribution in [0, 0.1) is 11.8 Å². The molecule has 0 aliphatic carbocycles. The standard InChI is InChI=1S/C16H22N2O6S/c1-4-18-13-6-5-12(8-14(13)24-16(18)21)25(22,23)17-9-11(15(19)20)7-10(2)3/h5-6,8,10-11,17H,4,7,9H2,1-3H3,(H,19,20). The Morgan fingerprint density at radius 1 is 1.36 bits per heavy atom. The van der Waals surface area contributed by atoms with Crippen molar-refractivity contribution < 1.29 is 22.7 Å². The van der Waals surface area contributed by atoms with Gasteiger partial charge in [-0.05, 0) is 31.4 Å². The Labute approximate surface area is 145 Å². The van der Waals surface area contributed by atoms with Gasteiger partial charge in [0, 0.05) is 19.2 Å². The van der Waals surface area contributed by atoms with Crippen molar-refractivity contribution >= 4 is 27.1 Å². The zero-order chi connectivity index (χ0) is 18.8. The zero-order valence-electron chi connectivity index (χ0n) is 14.4. The molecule has 9 heteroatoms. The van der Waals surface area contributed by atoms with Crippen LogP contribution in [0.3, 0.4) is 0 Å². The molecule has 0 spiro atoms. The van der Waals surface area contributed by atoms with Crippen LogP contribution in [-0.2, 0) is 21.4 Å². The van der Waals surface area contributed by atoms with Crippen LogP contribution in [0.15, 0.2) is 32.3 Å². The zero-order valence-corrected chi connectivity index (χ0v) is 15.2. The molecule has 0 amide bonds. The number of aryl methyl sites for hydroxylation is 1. The third-order valence-electron chi connectivity index (χ3n) is 3.89. The highest BCUT2D eigenvalue weighted by Crippen LogP contribution is 2.19. The summed E-state index contributed by atoms with van der Waals surface area (Å²) in [5.74, 6) is -2.27. The quantitative estimate of drug-likeness (QED) is 0.729. The topological polar surface area (TPSA) is 119 Å². The minimum absolute atomic E-state index is 0.0781. The van der Waals surface area contributed by atoms with Crippen molar-refractivity contribution in [3.63, 3.8) is 0 Å². The second-order valence-electron chi connectivity index (χ2n) is 6.26. The molecule has 1 heterocycles. The van der Waals surface area contributed by atoms with E-state index in [1.54, 1.807) is 6.92 Å². The lowest BCUT2D eigenvalue weighted by Gasteiger charge is -2.15. The summed E-state index contributed by atoms with van der Waals surface area (Å²) in [6, 6.07) is 4.13. The van der Waals surface area contributed by atoms with Crippen LogP contribution in [0.5, 0.6) is 0 Å². The molecule has 1 atom stereocenters. The minimum Gasteiger partial charge on any atom is -0.481 e. The summed E-state index contributed by atoms with van der Waals surface area (Å²) in [6.07, 6.45) is 0.366. The highest BCUT2D eigenvalue weighted by molar-refractivity contribution is 7.89. The molecule has 1 unspecified atom stereocenters. The summed E-state index contributed by atoms with van der Waals surface area (Å²) in [5, 5.41) is 9.20. The average molecular weight is 370 g/mol. The van der Waals surface area contributed by atoms with E-state index in [1.807, 2.05) is 13.8 Å². The van der Waals surface area contributed by atoms with Crippen LogP contribution in [0.1, 0.15) is 27.2 Å². The van der Waals surface area contributed by atoms with Gasteiger partial charge in [0.25, 0.3) is 0 Å². The van der Waals surface area contributed by atoms with E-state index < -0.39 is 27.7 Å². The van der Waals surface area contributed by atoms with E-state index in [2.05, 4.69) is 4.72 Å². The van der Waals surface area contributed by atoms with E-state index in [0.29, 0.717) is 18.5 Å². The molecular weight excluding hydrogens is 348 g/mol. The minimum atomic E-state index is -3.91. The van der Waals surface area contributed by atoms with E-state index in [0.717, 1.165) is 0 Å². The molecule has 0 radical (unpaired) electrons. The number of sulfonamides is 1. The maximum Gasteiger partial charge on any atom is 0.419 e. The smallest absolute Gasteiger partial charge is 0.419 e. The first-order valence-corrected chi connectivity index (χ1v) is 9.50. The fraction of sp³-hybridized carbons (Fsp3) is 0.500. The van der Waals surface area contributed by atoms with Crippen molar-refractivity contribution in [1.29, 1.82) is 0 Å². The van der Waals surface area contributed by atoms with Crippen LogP contribution in [-0.4, -0.2) is 30.6 Å². The first-order chi connectivity index (χ1) is 11.7. The van der Waals surface area contributed by atoms with Gasteiger partial charge in [-0.2, -0.15) is 0 Å². The normalized spacial score (nSPS) is 13.4. The van der Waals surface area contributed by atoms with Gasteiger partial charge in [0.2, 0.25) is 10.0 Å². The molecule has 2 N–H and O–H groups in total. The molecule has 0 saturated carbocycles. The molecule has 8 nitrogen and oxygen atoms in total. The number of oxazole rings is 1. The number of fused-ring (bicyclic) bond motifs is 1. The van der Waals surface area contributed by atoms with E-state index in [4.69, 9.17) is 4.42 Å². The molecule has 0 bridgehead atoms. The Morgan fingerprint density at radius 3 is 2.60 bits per heavy atom. The number of carbonyl (C=O) groups is 1. The van der Waals surface area contributed by atoms with Gasteiger partial charge in [0.15, 0.2) is 5.58 Å². The molecule has 1 aromatic carbocycles. The van der Waals surface area contributed by atoms with Crippen LogP contribution in [0.2, 0.25) is 0 Å². The van der Waals surface area contributed by atoms with Crippen molar-refractivity contribution in [3.05, 3.63) is 28.7 Å². The van der Waals surface area contributed by atoms with Crippen LogP contribution < -0.4 is 10.5 Å². The van der Waals surface area contributed by atoms with Gasteiger partial charge in [0.1, 0.15) is 0 Å². The van der Waals surface area contributed by atoms with Gasteiger partial charge in [-0.3, -0.25) is 9.36 Å². The first kappa shape index (κ1) is 19.2. The Morgan fingerprint density at radius 2 is 2.04 bits per heavy atom. The van der Waals surface area contributed by atoms with Crippen molar-refractivity contribution in [2.24, 2.45) is 11.8 Å². The Bertz CT molecular complexity index is 926. The molecule has 1 aromatic heterocycles. The third kappa shape index (κ3) is 4.29. The van der Waals surface area contributed by atoms with E-state index in [-0.39, 0.29) is 22.9 Å². The highest BCUT2D eigenvalue weighted by Gasteiger charge is 2.23. The summed E-state index contributed by atoms with van der Waals surface area (Å²) in [7, 11) is -3.91.